The first kappa shape index (κ1) is 11.3. The Hall–Kier alpha value is -1.20. The molecule has 0 bridgehead atoms. The second-order valence-corrected chi connectivity index (χ2v) is 3.98. The lowest BCUT2D eigenvalue weighted by molar-refractivity contribution is -0.0514. The summed E-state index contributed by atoms with van der Waals surface area (Å²) in [5.74, 6) is 0.763. The SMILES string of the molecule is COCC1CN(c2ncccn2)CC(C)O1. The Morgan fingerprint density at radius 2 is 2.19 bits per heavy atom. The molecule has 5 heteroatoms. The van der Waals surface area contributed by atoms with Crippen molar-refractivity contribution in [3.05, 3.63) is 18.5 Å². The third kappa shape index (κ3) is 2.68. The Labute approximate surface area is 95.4 Å². The first-order valence-corrected chi connectivity index (χ1v) is 5.46. The van der Waals surface area contributed by atoms with Crippen molar-refractivity contribution in [2.45, 2.75) is 19.1 Å². The van der Waals surface area contributed by atoms with Crippen LogP contribution < -0.4 is 4.90 Å². The van der Waals surface area contributed by atoms with Crippen LogP contribution in [0.15, 0.2) is 18.5 Å². The molecule has 1 aliphatic rings. The number of anilines is 1. The normalized spacial score (nSPS) is 25.8. The maximum absolute atomic E-state index is 5.76. The fraction of sp³-hybridized carbons (Fsp3) is 0.636. The van der Waals surface area contributed by atoms with Gasteiger partial charge in [0.15, 0.2) is 0 Å². The number of hydrogen-bond acceptors (Lipinski definition) is 5. The molecule has 0 aliphatic carbocycles. The maximum atomic E-state index is 5.76. The van der Waals surface area contributed by atoms with Crippen molar-refractivity contribution in [1.29, 1.82) is 0 Å². The van der Waals surface area contributed by atoms with Crippen molar-refractivity contribution < 1.29 is 9.47 Å². The van der Waals surface area contributed by atoms with E-state index < -0.39 is 0 Å². The van der Waals surface area contributed by atoms with Crippen molar-refractivity contribution in [1.82, 2.24) is 9.97 Å². The molecule has 1 saturated heterocycles. The van der Waals surface area contributed by atoms with E-state index >= 15 is 0 Å². The highest BCUT2D eigenvalue weighted by Gasteiger charge is 2.26. The number of nitrogens with zero attached hydrogens (tertiary/aromatic N) is 3. The zero-order valence-corrected chi connectivity index (χ0v) is 9.67. The summed E-state index contributed by atoms with van der Waals surface area (Å²) < 4.78 is 10.9. The van der Waals surface area contributed by atoms with Crippen molar-refractivity contribution in [3.63, 3.8) is 0 Å². The van der Waals surface area contributed by atoms with Gasteiger partial charge in [0, 0.05) is 32.6 Å². The Kier molecular flexibility index (Phi) is 3.69. The molecule has 5 nitrogen and oxygen atoms in total. The summed E-state index contributed by atoms with van der Waals surface area (Å²) in [6, 6.07) is 1.82. The van der Waals surface area contributed by atoms with E-state index in [0.717, 1.165) is 19.0 Å². The van der Waals surface area contributed by atoms with Crippen LogP contribution in [0.25, 0.3) is 0 Å². The highest BCUT2D eigenvalue weighted by molar-refractivity contribution is 5.29. The van der Waals surface area contributed by atoms with Crippen LogP contribution in [0.5, 0.6) is 0 Å². The quantitative estimate of drug-likeness (QED) is 0.755. The number of morpholine rings is 1. The van der Waals surface area contributed by atoms with Crippen LogP contribution in [0.1, 0.15) is 6.92 Å². The second kappa shape index (κ2) is 5.23. The van der Waals surface area contributed by atoms with Crippen LogP contribution in [0, 0.1) is 0 Å². The number of aromatic nitrogens is 2. The molecule has 0 saturated carbocycles. The van der Waals surface area contributed by atoms with Gasteiger partial charge in [0.25, 0.3) is 0 Å². The van der Waals surface area contributed by atoms with Crippen molar-refractivity contribution >= 4 is 5.95 Å². The summed E-state index contributed by atoms with van der Waals surface area (Å²) in [6.07, 6.45) is 3.79. The predicted octanol–water partition coefficient (Wildman–Crippen LogP) is 0.717. The van der Waals surface area contributed by atoms with Gasteiger partial charge < -0.3 is 14.4 Å². The third-order valence-electron chi connectivity index (χ3n) is 2.51. The minimum Gasteiger partial charge on any atom is -0.382 e. The van der Waals surface area contributed by atoms with E-state index in [1.165, 1.54) is 0 Å². The number of ether oxygens (including phenoxy) is 2. The van der Waals surface area contributed by atoms with Gasteiger partial charge in [-0.3, -0.25) is 0 Å². The van der Waals surface area contributed by atoms with E-state index in [1.54, 1.807) is 19.5 Å². The monoisotopic (exact) mass is 223 g/mol. The molecule has 0 amide bonds. The lowest BCUT2D eigenvalue weighted by Crippen LogP contribution is -2.48. The Balaban J connectivity index is 2.04. The van der Waals surface area contributed by atoms with E-state index in [-0.39, 0.29) is 12.2 Å². The molecule has 2 heterocycles. The topological polar surface area (TPSA) is 47.5 Å². The lowest BCUT2D eigenvalue weighted by atomic mass is 10.2. The minimum absolute atomic E-state index is 0.0950. The van der Waals surface area contributed by atoms with Gasteiger partial charge in [-0.1, -0.05) is 0 Å². The van der Waals surface area contributed by atoms with Crippen LogP contribution in [0.3, 0.4) is 0 Å². The van der Waals surface area contributed by atoms with Crippen molar-refractivity contribution in [3.8, 4) is 0 Å². The Morgan fingerprint density at radius 3 is 2.88 bits per heavy atom. The molecule has 1 aromatic rings. The standard InChI is InChI=1S/C11H17N3O2/c1-9-6-14(7-10(16-9)8-15-2)11-12-4-3-5-13-11/h3-5,9-10H,6-8H2,1-2H3. The van der Waals surface area contributed by atoms with Gasteiger partial charge in [0.2, 0.25) is 5.95 Å². The van der Waals surface area contributed by atoms with Gasteiger partial charge >= 0.3 is 0 Å². The highest BCUT2D eigenvalue weighted by Crippen LogP contribution is 2.15. The first-order chi connectivity index (χ1) is 7.79. The summed E-state index contributed by atoms with van der Waals surface area (Å²) >= 11 is 0. The average Bonchev–Trinajstić information content (AvgIpc) is 2.30. The van der Waals surface area contributed by atoms with E-state index in [0.29, 0.717) is 6.61 Å². The van der Waals surface area contributed by atoms with Gasteiger partial charge in [-0.25, -0.2) is 9.97 Å². The fourth-order valence-corrected chi connectivity index (χ4v) is 1.94. The smallest absolute Gasteiger partial charge is 0.225 e. The van der Waals surface area contributed by atoms with E-state index in [9.17, 15) is 0 Å². The highest BCUT2D eigenvalue weighted by atomic mass is 16.5. The van der Waals surface area contributed by atoms with Gasteiger partial charge in [-0.15, -0.1) is 0 Å². The number of rotatable bonds is 3. The van der Waals surface area contributed by atoms with E-state index in [1.807, 2.05) is 6.07 Å². The summed E-state index contributed by atoms with van der Waals surface area (Å²) in [4.78, 5) is 10.6. The summed E-state index contributed by atoms with van der Waals surface area (Å²) in [6.45, 7) is 4.26. The van der Waals surface area contributed by atoms with E-state index in [2.05, 4.69) is 21.8 Å². The van der Waals surface area contributed by atoms with Crippen LogP contribution >= 0.6 is 0 Å². The van der Waals surface area contributed by atoms with Gasteiger partial charge in [0.1, 0.15) is 0 Å². The Morgan fingerprint density at radius 1 is 1.44 bits per heavy atom. The molecule has 0 spiro atoms. The first-order valence-electron chi connectivity index (χ1n) is 5.46. The fourth-order valence-electron chi connectivity index (χ4n) is 1.94. The summed E-state index contributed by atoms with van der Waals surface area (Å²) in [5, 5.41) is 0. The molecular weight excluding hydrogens is 206 g/mol. The van der Waals surface area contributed by atoms with Crippen molar-refractivity contribution in [2.75, 3.05) is 31.7 Å². The molecular formula is C11H17N3O2. The zero-order valence-electron chi connectivity index (χ0n) is 9.67. The summed E-state index contributed by atoms with van der Waals surface area (Å²) in [7, 11) is 1.69. The third-order valence-corrected chi connectivity index (χ3v) is 2.51. The van der Waals surface area contributed by atoms with Gasteiger partial charge in [-0.2, -0.15) is 0 Å². The molecule has 2 rings (SSSR count). The summed E-state index contributed by atoms with van der Waals surface area (Å²) in [5.41, 5.74) is 0. The second-order valence-electron chi connectivity index (χ2n) is 3.98. The van der Waals surface area contributed by atoms with Gasteiger partial charge in [-0.05, 0) is 13.0 Å². The lowest BCUT2D eigenvalue weighted by Gasteiger charge is -2.36. The molecule has 2 unspecified atom stereocenters. The maximum Gasteiger partial charge on any atom is 0.225 e. The Bertz CT molecular complexity index is 320. The average molecular weight is 223 g/mol. The van der Waals surface area contributed by atoms with Crippen molar-refractivity contribution in [2.24, 2.45) is 0 Å². The molecule has 16 heavy (non-hydrogen) atoms. The molecule has 1 aromatic heterocycles. The largest absolute Gasteiger partial charge is 0.382 e. The van der Waals surface area contributed by atoms with Crippen LogP contribution in [0.2, 0.25) is 0 Å². The molecule has 1 fully saturated rings. The molecule has 0 N–H and O–H groups in total. The van der Waals surface area contributed by atoms with Crippen LogP contribution in [-0.4, -0.2) is 49.0 Å². The number of hydrogen-bond donors (Lipinski definition) is 0. The molecule has 0 radical (unpaired) electrons. The molecule has 0 aromatic carbocycles. The van der Waals surface area contributed by atoms with Gasteiger partial charge in [0.05, 0.1) is 18.8 Å². The molecule has 1 aliphatic heterocycles. The van der Waals surface area contributed by atoms with Crippen LogP contribution in [-0.2, 0) is 9.47 Å². The number of methoxy groups -OCH3 is 1. The zero-order chi connectivity index (χ0) is 11.4. The molecule has 88 valence electrons. The van der Waals surface area contributed by atoms with E-state index in [4.69, 9.17) is 9.47 Å². The van der Waals surface area contributed by atoms with Crippen LogP contribution in [0.4, 0.5) is 5.95 Å². The molecule has 2 atom stereocenters. The minimum atomic E-state index is 0.0950. The predicted molar refractivity (Wildman–Crippen MR) is 60.5 cm³/mol.